The van der Waals surface area contributed by atoms with Crippen LogP contribution in [-0.2, 0) is 16.6 Å². The van der Waals surface area contributed by atoms with Crippen LogP contribution in [0.1, 0.15) is 11.3 Å². The Balaban J connectivity index is 1.36. The van der Waals surface area contributed by atoms with Crippen LogP contribution in [0.15, 0.2) is 64.7 Å². The number of rotatable bonds is 5. The molecule has 3 aromatic rings. The van der Waals surface area contributed by atoms with Gasteiger partial charge in [-0.3, -0.25) is 4.90 Å². The summed E-state index contributed by atoms with van der Waals surface area (Å²) in [6.07, 6.45) is 5.65. The lowest BCUT2D eigenvalue weighted by Gasteiger charge is -2.32. The van der Waals surface area contributed by atoms with E-state index >= 15 is 0 Å². The smallest absolute Gasteiger partial charge is 0.236 e. The Hall–Kier alpha value is -2.00. The number of hydrogen-bond donors (Lipinski definition) is 0. The topological polar surface area (TPSA) is 57.9 Å². The number of aromatic nitrogens is 2. The highest BCUT2D eigenvalue weighted by Crippen LogP contribution is 2.16. The largest absolute Gasteiger partial charge is 0.306 e. The zero-order chi connectivity index (χ0) is 19.6. The quantitative estimate of drug-likeness (QED) is 0.586. The van der Waals surface area contributed by atoms with Gasteiger partial charge in [-0.1, -0.05) is 30.3 Å². The molecule has 0 saturated carbocycles. The number of sulfonamides is 1. The van der Waals surface area contributed by atoms with Gasteiger partial charge < -0.3 is 4.40 Å². The van der Waals surface area contributed by atoms with E-state index in [1.165, 1.54) is 5.41 Å². The molecule has 3 heterocycles. The van der Waals surface area contributed by atoms with Crippen molar-refractivity contribution in [2.24, 2.45) is 0 Å². The molecule has 4 rings (SSSR count). The molecule has 6 nitrogen and oxygen atoms in total. The predicted molar refractivity (Wildman–Crippen MR) is 114 cm³/mol. The summed E-state index contributed by atoms with van der Waals surface area (Å²) in [5, 5.41) is 1.30. The summed E-state index contributed by atoms with van der Waals surface area (Å²) in [7, 11) is -3.40. The fraction of sp³-hybridized carbons (Fsp3) is 0.250. The van der Waals surface area contributed by atoms with Crippen molar-refractivity contribution in [2.45, 2.75) is 6.54 Å². The third-order valence-electron chi connectivity index (χ3n) is 4.77. The van der Waals surface area contributed by atoms with E-state index in [1.54, 1.807) is 10.4 Å². The fourth-order valence-electron chi connectivity index (χ4n) is 3.28. The molecular formula is C20H21BrN4O2S. The van der Waals surface area contributed by atoms with Crippen molar-refractivity contribution in [3.8, 4) is 0 Å². The fourth-order valence-corrected chi connectivity index (χ4v) is 4.81. The summed E-state index contributed by atoms with van der Waals surface area (Å²) in [5.74, 6) is 0. The Kier molecular flexibility index (Phi) is 5.63. The van der Waals surface area contributed by atoms with E-state index in [9.17, 15) is 8.42 Å². The second kappa shape index (κ2) is 8.16. The van der Waals surface area contributed by atoms with Crippen molar-refractivity contribution < 1.29 is 8.42 Å². The highest BCUT2D eigenvalue weighted by Gasteiger charge is 2.25. The second-order valence-corrected chi connectivity index (χ2v) is 9.51. The standard InChI is InChI=1S/C20H21BrN4O2S/c21-18-6-7-20-22-19(16-24(20)14-18)15-23-9-11-25(12-10-23)28(26,27)13-8-17-4-2-1-3-5-17/h1-8,13-14,16H,9-12,15H2/b13-8+. The number of benzene rings is 1. The van der Waals surface area contributed by atoms with Gasteiger partial charge in [0.1, 0.15) is 5.65 Å². The molecule has 8 heteroatoms. The number of hydrogen-bond acceptors (Lipinski definition) is 4. The first-order valence-electron chi connectivity index (χ1n) is 9.08. The second-order valence-electron chi connectivity index (χ2n) is 6.78. The van der Waals surface area contributed by atoms with E-state index in [-0.39, 0.29) is 0 Å². The van der Waals surface area contributed by atoms with Crippen molar-refractivity contribution in [3.63, 3.8) is 0 Å². The zero-order valence-electron chi connectivity index (χ0n) is 15.3. The molecule has 0 spiro atoms. The van der Waals surface area contributed by atoms with Crippen LogP contribution in [0.2, 0.25) is 0 Å². The lowest BCUT2D eigenvalue weighted by atomic mass is 10.2. The molecule has 0 unspecified atom stereocenters. The molecule has 0 atom stereocenters. The van der Waals surface area contributed by atoms with E-state index < -0.39 is 10.0 Å². The summed E-state index contributed by atoms with van der Waals surface area (Å²) in [6, 6.07) is 13.4. The van der Waals surface area contributed by atoms with Gasteiger partial charge in [0, 0.05) is 55.0 Å². The molecule has 0 radical (unpaired) electrons. The molecule has 2 aromatic heterocycles. The lowest BCUT2D eigenvalue weighted by Crippen LogP contribution is -2.47. The number of nitrogens with zero attached hydrogens (tertiary/aromatic N) is 4. The Morgan fingerprint density at radius 3 is 2.50 bits per heavy atom. The lowest BCUT2D eigenvalue weighted by molar-refractivity contribution is 0.181. The van der Waals surface area contributed by atoms with Crippen molar-refractivity contribution in [1.29, 1.82) is 0 Å². The molecule has 28 heavy (non-hydrogen) atoms. The Bertz CT molecular complexity index is 1090. The average Bonchev–Trinajstić information content (AvgIpc) is 3.09. The third-order valence-corrected chi connectivity index (χ3v) is 6.81. The van der Waals surface area contributed by atoms with Crippen molar-refractivity contribution in [3.05, 3.63) is 76.0 Å². The number of halogens is 1. The molecule has 146 valence electrons. The van der Waals surface area contributed by atoms with Gasteiger partial charge in [-0.25, -0.2) is 13.4 Å². The first-order chi connectivity index (χ1) is 13.5. The van der Waals surface area contributed by atoms with Crippen molar-refractivity contribution in [2.75, 3.05) is 26.2 Å². The van der Waals surface area contributed by atoms with Crippen LogP contribution in [0.3, 0.4) is 0 Å². The Morgan fingerprint density at radius 2 is 1.75 bits per heavy atom. The first kappa shape index (κ1) is 19.3. The molecule has 0 N–H and O–H groups in total. The summed E-state index contributed by atoms with van der Waals surface area (Å²) < 4.78 is 29.7. The maximum Gasteiger partial charge on any atom is 0.236 e. The highest BCUT2D eigenvalue weighted by molar-refractivity contribution is 9.10. The van der Waals surface area contributed by atoms with E-state index in [4.69, 9.17) is 0 Å². The maximum atomic E-state index is 12.6. The summed E-state index contributed by atoms with van der Waals surface area (Å²) in [4.78, 5) is 6.88. The number of imidazole rings is 1. The van der Waals surface area contributed by atoms with Gasteiger partial charge in [-0.05, 0) is 39.7 Å². The average molecular weight is 461 g/mol. The van der Waals surface area contributed by atoms with Gasteiger partial charge in [-0.15, -0.1) is 0 Å². The number of pyridine rings is 1. The van der Waals surface area contributed by atoms with E-state index in [1.807, 2.05) is 59.3 Å². The minimum Gasteiger partial charge on any atom is -0.306 e. The molecule has 1 aliphatic heterocycles. The van der Waals surface area contributed by atoms with Gasteiger partial charge in [0.2, 0.25) is 10.0 Å². The van der Waals surface area contributed by atoms with Crippen LogP contribution < -0.4 is 0 Å². The molecule has 1 fully saturated rings. The molecule has 0 aliphatic carbocycles. The molecule has 1 aliphatic rings. The predicted octanol–water partition coefficient (Wildman–Crippen LogP) is 3.22. The third kappa shape index (κ3) is 4.52. The molecule has 1 aromatic carbocycles. The van der Waals surface area contributed by atoms with Gasteiger partial charge >= 0.3 is 0 Å². The number of piperazine rings is 1. The minimum atomic E-state index is -3.40. The SMILES string of the molecule is O=S(=O)(/C=C/c1ccccc1)N1CCN(Cc2cn3cc(Br)ccc3n2)CC1. The number of fused-ring (bicyclic) bond motifs is 1. The van der Waals surface area contributed by atoms with Crippen LogP contribution in [0.25, 0.3) is 11.7 Å². The molecule has 1 saturated heterocycles. The van der Waals surface area contributed by atoms with Crippen LogP contribution in [0.4, 0.5) is 0 Å². The highest BCUT2D eigenvalue weighted by atomic mass is 79.9. The summed E-state index contributed by atoms with van der Waals surface area (Å²) in [5.41, 5.74) is 2.77. The Morgan fingerprint density at radius 1 is 1.00 bits per heavy atom. The molecule has 0 bridgehead atoms. The Labute approximate surface area is 173 Å². The van der Waals surface area contributed by atoms with Gasteiger partial charge in [0.25, 0.3) is 0 Å². The van der Waals surface area contributed by atoms with Crippen LogP contribution in [-0.4, -0.2) is 53.2 Å². The van der Waals surface area contributed by atoms with Gasteiger partial charge in [0.15, 0.2) is 0 Å². The van der Waals surface area contributed by atoms with Gasteiger partial charge in [-0.2, -0.15) is 4.31 Å². The normalized spacial score (nSPS) is 16.9. The van der Waals surface area contributed by atoms with Crippen molar-refractivity contribution >= 4 is 37.7 Å². The minimum absolute atomic E-state index is 0.486. The van der Waals surface area contributed by atoms with Gasteiger partial charge in [0.05, 0.1) is 5.69 Å². The molecule has 0 amide bonds. The van der Waals surface area contributed by atoms with E-state index in [0.29, 0.717) is 32.7 Å². The monoisotopic (exact) mass is 460 g/mol. The maximum absolute atomic E-state index is 12.6. The first-order valence-corrected chi connectivity index (χ1v) is 11.4. The van der Waals surface area contributed by atoms with E-state index in [2.05, 4.69) is 25.8 Å². The van der Waals surface area contributed by atoms with E-state index in [0.717, 1.165) is 21.4 Å². The zero-order valence-corrected chi connectivity index (χ0v) is 17.7. The van der Waals surface area contributed by atoms with Crippen LogP contribution in [0, 0.1) is 0 Å². The van der Waals surface area contributed by atoms with Crippen LogP contribution in [0.5, 0.6) is 0 Å². The molecular weight excluding hydrogens is 440 g/mol. The summed E-state index contributed by atoms with van der Waals surface area (Å²) >= 11 is 3.47. The summed E-state index contributed by atoms with van der Waals surface area (Å²) in [6.45, 7) is 3.07. The van der Waals surface area contributed by atoms with Crippen LogP contribution >= 0.6 is 15.9 Å². The van der Waals surface area contributed by atoms with Crippen molar-refractivity contribution in [1.82, 2.24) is 18.6 Å².